The lowest BCUT2D eigenvalue weighted by Crippen LogP contribution is -3.61. The summed E-state index contributed by atoms with van der Waals surface area (Å²) < 4.78 is 52.6. The SMILES string of the molecule is Fc1ccc2c(c1)-c1ccc(C(F)(F)F)cc1[I+]2. The van der Waals surface area contributed by atoms with Crippen LogP contribution in [0.2, 0.25) is 0 Å². The van der Waals surface area contributed by atoms with Gasteiger partial charge in [-0.3, -0.25) is 0 Å². The van der Waals surface area contributed by atoms with Gasteiger partial charge in [-0.1, -0.05) is 0 Å². The first-order chi connectivity index (χ1) is 8.45. The van der Waals surface area contributed by atoms with Crippen LogP contribution in [0.5, 0.6) is 0 Å². The van der Waals surface area contributed by atoms with Crippen LogP contribution in [0.15, 0.2) is 36.4 Å². The van der Waals surface area contributed by atoms with E-state index in [-0.39, 0.29) is 5.82 Å². The first-order valence-corrected chi connectivity index (χ1v) is 7.27. The van der Waals surface area contributed by atoms with Gasteiger partial charge in [-0.05, 0) is 30.3 Å². The first kappa shape index (κ1) is 12.0. The molecule has 0 amide bonds. The largest absolute Gasteiger partial charge is 0.416 e. The van der Waals surface area contributed by atoms with Gasteiger partial charge in [-0.15, -0.1) is 0 Å². The van der Waals surface area contributed by atoms with Crippen LogP contribution in [-0.2, 0) is 6.18 Å². The van der Waals surface area contributed by atoms with E-state index < -0.39 is 32.9 Å². The quantitative estimate of drug-likeness (QED) is 0.411. The van der Waals surface area contributed by atoms with E-state index in [1.807, 2.05) is 0 Å². The van der Waals surface area contributed by atoms with Crippen molar-refractivity contribution in [2.75, 3.05) is 0 Å². The average Bonchev–Trinajstić information content (AvgIpc) is 2.65. The highest BCUT2D eigenvalue weighted by atomic mass is 127. The van der Waals surface area contributed by atoms with Crippen molar-refractivity contribution in [2.45, 2.75) is 6.18 Å². The van der Waals surface area contributed by atoms with Crippen molar-refractivity contribution in [3.8, 4) is 11.1 Å². The predicted molar refractivity (Wildman–Crippen MR) is 54.2 cm³/mol. The summed E-state index contributed by atoms with van der Waals surface area (Å²) in [6.45, 7) is 0. The van der Waals surface area contributed by atoms with Gasteiger partial charge in [0.2, 0.25) is 7.14 Å². The van der Waals surface area contributed by atoms with Crippen LogP contribution >= 0.6 is 0 Å². The van der Waals surface area contributed by atoms with Crippen molar-refractivity contribution in [2.24, 2.45) is 0 Å². The highest BCUT2D eigenvalue weighted by molar-refractivity contribution is 5.65. The maximum absolute atomic E-state index is 13.2. The minimum atomic E-state index is -4.32. The standard InChI is InChI=1S/C13H6F4I/c14-8-2-4-11-10(6-8)9-3-1-7(13(15,16)17)5-12(9)18-11/h1-6H/q+1. The zero-order valence-electron chi connectivity index (χ0n) is 8.85. The van der Waals surface area contributed by atoms with Crippen LogP contribution in [0.1, 0.15) is 5.56 Å². The molecule has 0 spiro atoms. The highest BCUT2D eigenvalue weighted by Crippen LogP contribution is 2.32. The third-order valence-electron chi connectivity index (χ3n) is 2.72. The number of halogens is 5. The molecule has 0 nitrogen and oxygen atoms in total. The molecule has 0 bridgehead atoms. The highest BCUT2D eigenvalue weighted by Gasteiger charge is 2.38. The zero-order chi connectivity index (χ0) is 12.9. The number of benzene rings is 2. The van der Waals surface area contributed by atoms with Gasteiger partial charge in [0.05, 0.1) is 5.56 Å². The predicted octanol–water partition coefficient (Wildman–Crippen LogP) is 0.953. The van der Waals surface area contributed by atoms with Gasteiger partial charge in [0.15, 0.2) is 0 Å². The third kappa shape index (κ3) is 1.90. The summed E-state index contributed by atoms with van der Waals surface area (Å²) in [5.41, 5.74) is 0.853. The first-order valence-electron chi connectivity index (χ1n) is 5.11. The molecule has 0 saturated carbocycles. The van der Waals surface area contributed by atoms with Crippen molar-refractivity contribution in [3.63, 3.8) is 0 Å². The van der Waals surface area contributed by atoms with Crippen molar-refractivity contribution in [3.05, 3.63) is 54.9 Å². The molecule has 1 aliphatic rings. The van der Waals surface area contributed by atoms with E-state index in [0.29, 0.717) is 3.57 Å². The number of fused-ring (bicyclic) bond motifs is 3. The van der Waals surface area contributed by atoms with Crippen molar-refractivity contribution < 1.29 is 38.8 Å². The Morgan fingerprint density at radius 3 is 2.33 bits per heavy atom. The Hall–Kier alpha value is -1.11. The molecule has 0 atom stereocenters. The summed E-state index contributed by atoms with van der Waals surface area (Å²) in [4.78, 5) is 0. The molecular weight excluding hydrogens is 359 g/mol. The topological polar surface area (TPSA) is 0 Å². The monoisotopic (exact) mass is 365 g/mol. The number of hydrogen-bond acceptors (Lipinski definition) is 0. The Balaban J connectivity index is 2.13. The minimum absolute atomic E-state index is 0.356. The normalized spacial score (nSPS) is 13.3. The zero-order valence-corrected chi connectivity index (χ0v) is 11.0. The molecule has 0 saturated heterocycles. The fraction of sp³-hybridized carbons (Fsp3) is 0.0769. The molecule has 0 fully saturated rings. The van der Waals surface area contributed by atoms with Crippen molar-refractivity contribution in [1.29, 1.82) is 0 Å². The van der Waals surface area contributed by atoms with Gasteiger partial charge in [-0.2, -0.15) is 13.2 Å². The maximum atomic E-state index is 13.2. The van der Waals surface area contributed by atoms with Crippen LogP contribution in [0.4, 0.5) is 17.6 Å². The number of alkyl halides is 3. The summed E-state index contributed by atoms with van der Waals surface area (Å²) in [6.07, 6.45) is -4.32. The lowest BCUT2D eigenvalue weighted by atomic mass is 10.0. The summed E-state index contributed by atoms with van der Waals surface area (Å²) in [7, 11) is 0. The van der Waals surface area contributed by atoms with Gasteiger partial charge in [0.25, 0.3) is 0 Å². The summed E-state index contributed by atoms with van der Waals surface area (Å²) in [5, 5.41) is 0. The Kier molecular flexibility index (Phi) is 2.62. The Bertz CT molecular complexity index is 631. The molecule has 18 heavy (non-hydrogen) atoms. The van der Waals surface area contributed by atoms with Gasteiger partial charge in [-0.25, -0.2) is 4.39 Å². The fourth-order valence-electron chi connectivity index (χ4n) is 1.88. The molecule has 2 aromatic carbocycles. The van der Waals surface area contributed by atoms with Crippen LogP contribution in [-0.4, -0.2) is 0 Å². The van der Waals surface area contributed by atoms with Crippen LogP contribution in [0.3, 0.4) is 0 Å². The summed E-state index contributed by atoms with van der Waals surface area (Å²) >= 11 is -0.642. The molecular formula is C13H6F4I+. The Labute approximate surface area is 111 Å². The van der Waals surface area contributed by atoms with E-state index in [1.54, 1.807) is 6.07 Å². The van der Waals surface area contributed by atoms with E-state index in [4.69, 9.17) is 0 Å². The van der Waals surface area contributed by atoms with E-state index in [1.165, 1.54) is 24.3 Å². The van der Waals surface area contributed by atoms with E-state index in [0.717, 1.165) is 20.8 Å². The molecule has 0 aromatic heterocycles. The molecule has 0 unspecified atom stereocenters. The lowest BCUT2D eigenvalue weighted by molar-refractivity contribution is -0.590. The molecule has 1 aliphatic heterocycles. The van der Waals surface area contributed by atoms with Crippen LogP contribution < -0.4 is 21.2 Å². The number of hydrogen-bond donors (Lipinski definition) is 0. The molecule has 3 rings (SSSR count). The third-order valence-corrected chi connectivity index (χ3v) is 5.71. The summed E-state index contributed by atoms with van der Waals surface area (Å²) in [6, 6.07) is 8.13. The second-order valence-corrected chi connectivity index (χ2v) is 6.77. The second-order valence-electron chi connectivity index (χ2n) is 3.91. The molecule has 0 radical (unpaired) electrons. The van der Waals surface area contributed by atoms with Crippen molar-refractivity contribution in [1.82, 2.24) is 0 Å². The molecule has 0 N–H and O–H groups in total. The molecule has 0 aliphatic carbocycles. The fourth-order valence-corrected chi connectivity index (χ4v) is 4.86. The van der Waals surface area contributed by atoms with Gasteiger partial charge in [0.1, 0.15) is 5.82 Å². The number of rotatable bonds is 0. The second kappa shape index (κ2) is 3.94. The minimum Gasteiger partial charge on any atom is -0.207 e. The van der Waals surface area contributed by atoms with Crippen LogP contribution in [0, 0.1) is 13.0 Å². The van der Waals surface area contributed by atoms with E-state index in [2.05, 4.69) is 0 Å². The van der Waals surface area contributed by atoms with E-state index in [9.17, 15) is 17.6 Å². The lowest BCUT2D eigenvalue weighted by Gasteiger charge is -2.05. The molecule has 92 valence electrons. The molecule has 5 heteroatoms. The Morgan fingerprint density at radius 1 is 0.833 bits per heavy atom. The summed E-state index contributed by atoms with van der Waals surface area (Å²) in [5.74, 6) is -0.356. The van der Waals surface area contributed by atoms with Gasteiger partial charge >= 0.3 is 27.4 Å². The van der Waals surface area contributed by atoms with Crippen molar-refractivity contribution >= 4 is 0 Å². The molecule has 1 heterocycles. The van der Waals surface area contributed by atoms with Gasteiger partial charge in [0, 0.05) is 17.2 Å². The Morgan fingerprint density at radius 2 is 1.61 bits per heavy atom. The van der Waals surface area contributed by atoms with Gasteiger partial charge < -0.3 is 0 Å². The average molecular weight is 365 g/mol. The van der Waals surface area contributed by atoms with E-state index >= 15 is 0 Å². The smallest absolute Gasteiger partial charge is 0.207 e. The maximum Gasteiger partial charge on any atom is 0.416 e. The van der Waals surface area contributed by atoms with Crippen LogP contribution in [0.25, 0.3) is 11.1 Å². The molecule has 2 aromatic rings.